The fourth-order valence-electron chi connectivity index (χ4n) is 3.18. The van der Waals surface area contributed by atoms with Gasteiger partial charge in [-0.1, -0.05) is 12.1 Å². The van der Waals surface area contributed by atoms with E-state index in [4.69, 9.17) is 14.7 Å². The van der Waals surface area contributed by atoms with Crippen molar-refractivity contribution in [2.45, 2.75) is 10.8 Å². The molecule has 0 aliphatic carbocycles. The maximum absolute atomic E-state index is 13.4. The van der Waals surface area contributed by atoms with Crippen molar-refractivity contribution in [3.05, 3.63) is 95.4 Å². The molecule has 30 heavy (non-hydrogen) atoms. The van der Waals surface area contributed by atoms with Crippen molar-refractivity contribution in [1.82, 2.24) is 4.98 Å². The number of allylic oxidation sites excluding steroid dienone is 1. The first-order valence-electron chi connectivity index (χ1n) is 8.70. The van der Waals surface area contributed by atoms with Crippen LogP contribution in [0.25, 0.3) is 0 Å². The van der Waals surface area contributed by atoms with Gasteiger partial charge in [0.05, 0.1) is 5.92 Å². The van der Waals surface area contributed by atoms with E-state index in [-0.39, 0.29) is 27.9 Å². The van der Waals surface area contributed by atoms with Crippen LogP contribution in [0.5, 0.6) is 11.5 Å². The number of nitrogens with two attached hydrogens (primary N) is 1. The predicted molar refractivity (Wildman–Crippen MR) is 104 cm³/mol. The van der Waals surface area contributed by atoms with Gasteiger partial charge in [-0.05, 0) is 42.0 Å². The fraction of sp³-hybridized carbons (Fsp3) is 0.0476. The molecule has 0 amide bonds. The highest BCUT2D eigenvalue weighted by Crippen LogP contribution is 2.43. The first-order valence-corrected chi connectivity index (χ1v) is 10.1. The number of pyridine rings is 1. The third kappa shape index (κ3) is 3.56. The number of rotatable bonds is 4. The van der Waals surface area contributed by atoms with Crippen LogP contribution >= 0.6 is 0 Å². The molecule has 1 aromatic heterocycles. The monoisotopic (exact) mass is 423 g/mol. The van der Waals surface area contributed by atoms with Crippen LogP contribution in [0.2, 0.25) is 0 Å². The number of halogens is 1. The topological polar surface area (TPSA) is 115 Å². The quantitative estimate of drug-likeness (QED) is 0.641. The summed E-state index contributed by atoms with van der Waals surface area (Å²) in [7, 11) is -4.26. The van der Waals surface area contributed by atoms with Crippen LogP contribution in [-0.2, 0) is 10.1 Å². The van der Waals surface area contributed by atoms with E-state index < -0.39 is 21.9 Å². The molecule has 1 unspecified atom stereocenters. The summed E-state index contributed by atoms with van der Waals surface area (Å²) in [5.41, 5.74) is 7.55. The Morgan fingerprint density at radius 3 is 2.60 bits per heavy atom. The molecule has 1 aliphatic rings. The number of ether oxygens (including phenoxy) is 1. The molecule has 0 bridgehead atoms. The van der Waals surface area contributed by atoms with Crippen LogP contribution in [0.3, 0.4) is 0 Å². The molecule has 0 fully saturated rings. The van der Waals surface area contributed by atoms with Crippen LogP contribution < -0.4 is 14.7 Å². The molecular weight excluding hydrogens is 409 g/mol. The number of hydrogen-bond donors (Lipinski definition) is 1. The smallest absolute Gasteiger partial charge is 0.339 e. The van der Waals surface area contributed by atoms with Gasteiger partial charge < -0.3 is 14.7 Å². The third-order valence-corrected chi connectivity index (χ3v) is 5.76. The molecule has 2 aromatic carbocycles. The summed E-state index contributed by atoms with van der Waals surface area (Å²) in [6, 6.07) is 14.5. The molecule has 9 heteroatoms. The Labute approximate surface area is 171 Å². The first kappa shape index (κ1) is 19.4. The van der Waals surface area contributed by atoms with Gasteiger partial charge in [-0.15, -0.1) is 0 Å². The lowest BCUT2D eigenvalue weighted by molar-refractivity contribution is 0.391. The molecule has 0 saturated carbocycles. The minimum absolute atomic E-state index is 0.0419. The van der Waals surface area contributed by atoms with Crippen LogP contribution in [0, 0.1) is 17.1 Å². The van der Waals surface area contributed by atoms with Crippen LogP contribution in [0.4, 0.5) is 4.39 Å². The van der Waals surface area contributed by atoms with E-state index in [1.54, 1.807) is 30.6 Å². The van der Waals surface area contributed by atoms with Crippen molar-refractivity contribution < 1.29 is 21.7 Å². The SMILES string of the molecule is N#CC1=C(N)Oc2cc(OS(=O)(=O)c3cccc(F)c3)ccc2C1c1ccncc1. The lowest BCUT2D eigenvalue weighted by Crippen LogP contribution is -2.21. The van der Waals surface area contributed by atoms with Gasteiger partial charge in [-0.2, -0.15) is 13.7 Å². The molecule has 1 atom stereocenters. The van der Waals surface area contributed by atoms with Gasteiger partial charge in [0.25, 0.3) is 0 Å². The molecule has 4 rings (SSSR count). The fourth-order valence-corrected chi connectivity index (χ4v) is 4.14. The van der Waals surface area contributed by atoms with Crippen molar-refractivity contribution in [1.29, 1.82) is 5.26 Å². The Morgan fingerprint density at radius 1 is 1.13 bits per heavy atom. The van der Waals surface area contributed by atoms with E-state index in [2.05, 4.69) is 11.1 Å². The summed E-state index contributed by atoms with van der Waals surface area (Å²) in [6.07, 6.45) is 3.19. The van der Waals surface area contributed by atoms with E-state index in [9.17, 15) is 18.1 Å². The zero-order valence-corrected chi connectivity index (χ0v) is 16.1. The highest BCUT2D eigenvalue weighted by atomic mass is 32.2. The highest BCUT2D eigenvalue weighted by molar-refractivity contribution is 7.87. The molecule has 3 aromatic rings. The second-order valence-corrected chi connectivity index (χ2v) is 7.95. The largest absolute Gasteiger partial charge is 0.440 e. The van der Waals surface area contributed by atoms with E-state index in [0.717, 1.165) is 17.7 Å². The molecule has 7 nitrogen and oxygen atoms in total. The second kappa shape index (κ2) is 7.50. The van der Waals surface area contributed by atoms with Gasteiger partial charge in [0, 0.05) is 24.0 Å². The standard InChI is InChI=1S/C21H14FN3O4S/c22-14-2-1-3-16(10-14)30(26,27)29-15-4-5-17-19(11-15)28-21(24)18(12-23)20(17)13-6-8-25-9-7-13/h1-11,20H,24H2. The minimum atomic E-state index is -4.26. The minimum Gasteiger partial charge on any atom is -0.440 e. The summed E-state index contributed by atoms with van der Waals surface area (Å²) in [5, 5.41) is 9.56. The molecule has 2 N–H and O–H groups in total. The number of nitriles is 1. The predicted octanol–water partition coefficient (Wildman–Crippen LogP) is 3.21. The van der Waals surface area contributed by atoms with Crippen LogP contribution in [0.15, 0.2) is 83.3 Å². The summed E-state index contributed by atoms with van der Waals surface area (Å²) in [6.45, 7) is 0. The van der Waals surface area contributed by atoms with Crippen LogP contribution in [0.1, 0.15) is 17.0 Å². The number of benzene rings is 2. The second-order valence-electron chi connectivity index (χ2n) is 6.40. The highest BCUT2D eigenvalue weighted by Gasteiger charge is 2.31. The van der Waals surface area contributed by atoms with Gasteiger partial charge in [0.15, 0.2) is 0 Å². The van der Waals surface area contributed by atoms with Gasteiger partial charge in [-0.25, -0.2) is 4.39 Å². The maximum Gasteiger partial charge on any atom is 0.339 e. The lowest BCUT2D eigenvalue weighted by Gasteiger charge is -2.26. The van der Waals surface area contributed by atoms with Crippen LogP contribution in [-0.4, -0.2) is 13.4 Å². The molecule has 150 valence electrons. The first-order chi connectivity index (χ1) is 14.4. The van der Waals surface area contributed by atoms with E-state index in [1.807, 2.05) is 0 Å². The number of nitrogens with zero attached hydrogens (tertiary/aromatic N) is 2. The van der Waals surface area contributed by atoms with Crippen molar-refractivity contribution in [2.24, 2.45) is 5.73 Å². The summed E-state index contributed by atoms with van der Waals surface area (Å²) >= 11 is 0. The Hall–Kier alpha value is -3.90. The molecule has 0 spiro atoms. The zero-order chi connectivity index (χ0) is 21.3. The zero-order valence-electron chi connectivity index (χ0n) is 15.3. The average Bonchev–Trinajstić information content (AvgIpc) is 2.73. The molecule has 2 heterocycles. The number of hydrogen-bond acceptors (Lipinski definition) is 7. The molecule has 1 aliphatic heterocycles. The third-order valence-electron chi connectivity index (χ3n) is 4.52. The average molecular weight is 423 g/mol. The summed E-state index contributed by atoms with van der Waals surface area (Å²) in [4.78, 5) is 3.66. The molecule has 0 radical (unpaired) electrons. The maximum atomic E-state index is 13.4. The summed E-state index contributed by atoms with van der Waals surface area (Å²) < 4.78 is 49.0. The van der Waals surface area contributed by atoms with Crippen molar-refractivity contribution >= 4 is 10.1 Å². The van der Waals surface area contributed by atoms with E-state index >= 15 is 0 Å². The van der Waals surface area contributed by atoms with Crippen molar-refractivity contribution in [3.63, 3.8) is 0 Å². The van der Waals surface area contributed by atoms with Gasteiger partial charge in [0.2, 0.25) is 5.88 Å². The lowest BCUT2D eigenvalue weighted by atomic mass is 9.84. The number of aromatic nitrogens is 1. The van der Waals surface area contributed by atoms with Gasteiger partial charge in [0.1, 0.15) is 33.9 Å². The Kier molecular flexibility index (Phi) is 4.85. The molecule has 0 saturated heterocycles. The van der Waals surface area contributed by atoms with Gasteiger partial charge in [-0.3, -0.25) is 4.98 Å². The Morgan fingerprint density at radius 2 is 1.90 bits per heavy atom. The Balaban J connectivity index is 1.73. The van der Waals surface area contributed by atoms with E-state index in [0.29, 0.717) is 5.56 Å². The molecular formula is C21H14FN3O4S. The van der Waals surface area contributed by atoms with Crippen molar-refractivity contribution in [2.75, 3.05) is 0 Å². The number of fused-ring (bicyclic) bond motifs is 1. The Bertz CT molecular complexity index is 1300. The summed E-state index contributed by atoms with van der Waals surface area (Å²) in [5.74, 6) is -1.08. The van der Waals surface area contributed by atoms with Crippen molar-refractivity contribution in [3.8, 4) is 17.6 Å². The normalized spacial score (nSPS) is 15.7. The van der Waals surface area contributed by atoms with E-state index in [1.165, 1.54) is 24.3 Å². The van der Waals surface area contributed by atoms with Gasteiger partial charge >= 0.3 is 10.1 Å².